The van der Waals surface area contributed by atoms with Gasteiger partial charge in [0.1, 0.15) is 17.2 Å². The second kappa shape index (κ2) is 4.97. The number of carbonyl (C=O) groups is 1. The molecule has 0 aromatic heterocycles. The second-order valence-corrected chi connectivity index (χ2v) is 4.08. The molecular formula is C12H17NO2. The van der Waals surface area contributed by atoms with Gasteiger partial charge in [-0.25, -0.2) is 4.79 Å². The zero-order valence-electron chi connectivity index (χ0n) is 9.21. The molecule has 0 spiro atoms. The standard InChI is InChI=1S/C12H17NO2/c1-3-12(7-5-4-6-8-12)15-11(14)10(2)9-13/h2-8H2,1H3. The largest absolute Gasteiger partial charge is 0.455 e. The summed E-state index contributed by atoms with van der Waals surface area (Å²) >= 11 is 0. The van der Waals surface area contributed by atoms with E-state index in [9.17, 15) is 4.79 Å². The van der Waals surface area contributed by atoms with Crippen molar-refractivity contribution in [2.45, 2.75) is 51.0 Å². The molecule has 3 heteroatoms. The van der Waals surface area contributed by atoms with E-state index in [-0.39, 0.29) is 11.2 Å². The average molecular weight is 207 g/mol. The summed E-state index contributed by atoms with van der Waals surface area (Å²) in [5.74, 6) is -0.554. The minimum absolute atomic E-state index is 0.103. The van der Waals surface area contributed by atoms with Crippen LogP contribution in [0.5, 0.6) is 0 Å². The van der Waals surface area contributed by atoms with Gasteiger partial charge in [-0.05, 0) is 32.1 Å². The molecule has 0 amide bonds. The Hall–Kier alpha value is -1.30. The number of ether oxygens (including phenoxy) is 1. The molecule has 3 nitrogen and oxygen atoms in total. The minimum Gasteiger partial charge on any atom is -0.455 e. The van der Waals surface area contributed by atoms with Gasteiger partial charge in [-0.1, -0.05) is 19.9 Å². The van der Waals surface area contributed by atoms with Gasteiger partial charge in [0.05, 0.1) is 0 Å². The summed E-state index contributed by atoms with van der Waals surface area (Å²) in [4.78, 5) is 11.5. The van der Waals surface area contributed by atoms with Crippen LogP contribution in [0.1, 0.15) is 45.4 Å². The predicted octanol–water partition coefficient (Wildman–Crippen LogP) is 2.72. The SMILES string of the molecule is C=C(C#N)C(=O)OC1(CC)CCCCC1. The van der Waals surface area contributed by atoms with Crippen LogP contribution in [-0.2, 0) is 9.53 Å². The molecule has 1 saturated carbocycles. The van der Waals surface area contributed by atoms with Crippen LogP contribution < -0.4 is 0 Å². The Bertz CT molecular complexity index is 295. The molecule has 0 aromatic carbocycles. The topological polar surface area (TPSA) is 50.1 Å². The number of hydrogen-bond donors (Lipinski definition) is 0. The van der Waals surface area contributed by atoms with E-state index in [1.165, 1.54) is 6.42 Å². The zero-order valence-corrected chi connectivity index (χ0v) is 9.21. The van der Waals surface area contributed by atoms with Crippen LogP contribution in [0.15, 0.2) is 12.2 Å². The molecule has 0 aliphatic heterocycles. The van der Waals surface area contributed by atoms with E-state index in [2.05, 4.69) is 6.58 Å². The van der Waals surface area contributed by atoms with E-state index >= 15 is 0 Å². The minimum atomic E-state index is -0.554. The highest BCUT2D eigenvalue weighted by atomic mass is 16.6. The van der Waals surface area contributed by atoms with Crippen molar-refractivity contribution in [1.29, 1.82) is 5.26 Å². The van der Waals surface area contributed by atoms with Gasteiger partial charge >= 0.3 is 5.97 Å². The second-order valence-electron chi connectivity index (χ2n) is 4.08. The van der Waals surface area contributed by atoms with E-state index < -0.39 is 5.97 Å². The Kier molecular flexibility index (Phi) is 3.90. The third kappa shape index (κ3) is 2.82. The molecule has 0 radical (unpaired) electrons. The number of hydrogen-bond acceptors (Lipinski definition) is 3. The number of esters is 1. The molecule has 1 aliphatic carbocycles. The summed E-state index contributed by atoms with van der Waals surface area (Å²) in [6.07, 6.45) is 6.04. The first kappa shape index (κ1) is 11.8. The maximum Gasteiger partial charge on any atom is 0.348 e. The quantitative estimate of drug-likeness (QED) is 0.406. The maximum absolute atomic E-state index is 11.5. The van der Waals surface area contributed by atoms with E-state index in [0.717, 1.165) is 32.1 Å². The zero-order chi connectivity index (χ0) is 11.3. The van der Waals surface area contributed by atoms with Crippen LogP contribution in [0, 0.1) is 11.3 Å². The van der Waals surface area contributed by atoms with Gasteiger partial charge in [-0.3, -0.25) is 0 Å². The predicted molar refractivity (Wildman–Crippen MR) is 57.0 cm³/mol. The summed E-state index contributed by atoms with van der Waals surface area (Å²) < 4.78 is 5.42. The van der Waals surface area contributed by atoms with Crippen molar-refractivity contribution in [3.63, 3.8) is 0 Å². The highest BCUT2D eigenvalue weighted by molar-refractivity contribution is 5.92. The Morgan fingerprint density at radius 1 is 1.47 bits per heavy atom. The van der Waals surface area contributed by atoms with Crippen molar-refractivity contribution in [3.8, 4) is 6.07 Å². The third-order valence-electron chi connectivity index (χ3n) is 3.10. The monoisotopic (exact) mass is 207 g/mol. The number of nitrogens with zero attached hydrogens (tertiary/aromatic N) is 1. The van der Waals surface area contributed by atoms with Crippen LogP contribution in [0.4, 0.5) is 0 Å². The van der Waals surface area contributed by atoms with Gasteiger partial charge in [0.25, 0.3) is 0 Å². The molecule has 0 N–H and O–H groups in total. The summed E-state index contributed by atoms with van der Waals surface area (Å²) in [5.41, 5.74) is -0.442. The summed E-state index contributed by atoms with van der Waals surface area (Å²) in [7, 11) is 0. The van der Waals surface area contributed by atoms with Crippen molar-refractivity contribution in [3.05, 3.63) is 12.2 Å². The Morgan fingerprint density at radius 2 is 2.07 bits per heavy atom. The van der Waals surface area contributed by atoms with E-state index in [4.69, 9.17) is 10.00 Å². The van der Waals surface area contributed by atoms with Crippen LogP contribution in [0.2, 0.25) is 0 Å². The molecule has 0 saturated heterocycles. The lowest BCUT2D eigenvalue weighted by Gasteiger charge is -2.35. The normalized spacial score (nSPS) is 18.9. The van der Waals surface area contributed by atoms with Gasteiger partial charge in [-0.2, -0.15) is 5.26 Å². The average Bonchev–Trinajstić information content (AvgIpc) is 2.29. The molecule has 0 bridgehead atoms. The van der Waals surface area contributed by atoms with E-state index in [1.54, 1.807) is 6.07 Å². The van der Waals surface area contributed by atoms with Crippen molar-refractivity contribution in [1.82, 2.24) is 0 Å². The molecular weight excluding hydrogens is 190 g/mol. The summed E-state index contributed by atoms with van der Waals surface area (Å²) in [6, 6.07) is 1.73. The van der Waals surface area contributed by atoms with Gasteiger partial charge in [0.15, 0.2) is 0 Å². The summed E-state index contributed by atoms with van der Waals surface area (Å²) in [5, 5.41) is 8.54. The molecule has 82 valence electrons. The first-order chi connectivity index (χ1) is 7.13. The van der Waals surface area contributed by atoms with Crippen LogP contribution >= 0.6 is 0 Å². The molecule has 0 aromatic rings. The number of carbonyl (C=O) groups excluding carboxylic acids is 1. The van der Waals surface area contributed by atoms with Crippen LogP contribution in [0.25, 0.3) is 0 Å². The fourth-order valence-corrected chi connectivity index (χ4v) is 2.03. The van der Waals surface area contributed by atoms with Gasteiger partial charge in [0.2, 0.25) is 0 Å². The van der Waals surface area contributed by atoms with Gasteiger partial charge < -0.3 is 4.74 Å². The highest BCUT2D eigenvalue weighted by Gasteiger charge is 2.34. The van der Waals surface area contributed by atoms with E-state index in [1.807, 2.05) is 6.92 Å². The molecule has 0 atom stereocenters. The highest BCUT2D eigenvalue weighted by Crippen LogP contribution is 2.34. The molecule has 15 heavy (non-hydrogen) atoms. The molecule has 1 aliphatic rings. The maximum atomic E-state index is 11.5. The van der Waals surface area contributed by atoms with Crippen molar-refractivity contribution in [2.24, 2.45) is 0 Å². The molecule has 0 unspecified atom stereocenters. The first-order valence-corrected chi connectivity index (χ1v) is 5.46. The third-order valence-corrected chi connectivity index (χ3v) is 3.10. The van der Waals surface area contributed by atoms with Crippen LogP contribution in [0.3, 0.4) is 0 Å². The first-order valence-electron chi connectivity index (χ1n) is 5.46. The molecule has 0 heterocycles. The fourth-order valence-electron chi connectivity index (χ4n) is 2.03. The van der Waals surface area contributed by atoms with Crippen LogP contribution in [-0.4, -0.2) is 11.6 Å². The lowest BCUT2D eigenvalue weighted by molar-refractivity contribution is -0.158. The van der Waals surface area contributed by atoms with Gasteiger partial charge in [0, 0.05) is 0 Å². The number of rotatable bonds is 3. The molecule has 1 rings (SSSR count). The van der Waals surface area contributed by atoms with Crippen molar-refractivity contribution >= 4 is 5.97 Å². The Labute approximate surface area is 90.7 Å². The molecule has 1 fully saturated rings. The van der Waals surface area contributed by atoms with E-state index in [0.29, 0.717) is 0 Å². The van der Waals surface area contributed by atoms with Crippen molar-refractivity contribution in [2.75, 3.05) is 0 Å². The Morgan fingerprint density at radius 3 is 2.53 bits per heavy atom. The van der Waals surface area contributed by atoms with Crippen molar-refractivity contribution < 1.29 is 9.53 Å². The lowest BCUT2D eigenvalue weighted by Crippen LogP contribution is -2.36. The smallest absolute Gasteiger partial charge is 0.348 e. The fraction of sp³-hybridized carbons (Fsp3) is 0.667. The summed E-state index contributed by atoms with van der Waals surface area (Å²) in [6.45, 7) is 5.39. The Balaban J connectivity index is 2.64. The lowest BCUT2D eigenvalue weighted by atomic mass is 9.82. The number of nitriles is 1. The van der Waals surface area contributed by atoms with Gasteiger partial charge in [-0.15, -0.1) is 0 Å².